The van der Waals surface area contributed by atoms with Gasteiger partial charge in [-0.15, -0.1) is 0 Å². The van der Waals surface area contributed by atoms with Crippen LogP contribution in [0.25, 0.3) is 0 Å². The fraction of sp³-hybridized carbons (Fsp3) is 0.400. The molecule has 2 aliphatic heterocycles. The Morgan fingerprint density at radius 1 is 0.229 bits per heavy atom. The van der Waals surface area contributed by atoms with Gasteiger partial charge in [0.25, 0.3) is 0 Å². The lowest BCUT2D eigenvalue weighted by atomic mass is 10.1. The highest BCUT2D eigenvalue weighted by Gasteiger charge is 2.35. The quantitative estimate of drug-likeness (QED) is 0.0880. The van der Waals surface area contributed by atoms with Gasteiger partial charge in [-0.1, -0.05) is 130 Å². The van der Waals surface area contributed by atoms with Crippen LogP contribution in [0.2, 0.25) is 0 Å². The Bertz CT molecular complexity index is 4370. The molecule has 0 bridgehead atoms. The van der Waals surface area contributed by atoms with E-state index in [2.05, 4.69) is 15.9 Å². The number of hydrogen-bond acceptors (Lipinski definition) is 14. The van der Waals surface area contributed by atoms with Crippen LogP contribution in [0.1, 0.15) is 70.2 Å². The maximum Gasteiger partial charge on any atom is 0.243 e. The number of benzene rings is 7. The minimum atomic E-state index is -4.27. The summed E-state index contributed by atoms with van der Waals surface area (Å²) in [6.07, 6.45) is 1.04. The molecule has 0 unspecified atom stereocenters. The zero-order valence-electron chi connectivity index (χ0n) is 55.6. The van der Waals surface area contributed by atoms with Gasteiger partial charge >= 0.3 is 0 Å². The summed E-state index contributed by atoms with van der Waals surface area (Å²) < 4.78 is 184. The molecular weight excluding hydrogens is 1340 g/mol. The zero-order valence-corrected chi connectivity index (χ0v) is 60.5. The first kappa shape index (κ1) is 74.2. The summed E-state index contributed by atoms with van der Waals surface area (Å²) in [6.45, 7) is 11.7. The molecule has 96 heavy (non-hydrogen) atoms. The average Bonchev–Trinajstić information content (AvgIpc) is 0.817. The summed E-state index contributed by atoms with van der Waals surface area (Å²) >= 11 is 0. The van der Waals surface area contributed by atoms with Gasteiger partial charge in [0.15, 0.2) is 0 Å². The third kappa shape index (κ3) is 18.8. The highest BCUT2D eigenvalue weighted by atomic mass is 32.2. The fourth-order valence-electron chi connectivity index (χ4n) is 11.9. The van der Waals surface area contributed by atoms with Crippen LogP contribution in [-0.2, 0) is 73.2 Å². The lowest BCUT2D eigenvalue weighted by Crippen LogP contribution is -2.46. The number of nitrogens with zero attached hydrogens (tertiary/aromatic N) is 8. The van der Waals surface area contributed by atoms with Gasteiger partial charge in [-0.25, -0.2) is 50.5 Å². The van der Waals surface area contributed by atoms with Crippen molar-refractivity contribution in [3.8, 4) is 0 Å². The second kappa shape index (κ2) is 32.3. The lowest BCUT2D eigenvalue weighted by Gasteiger charge is -2.32. The van der Waals surface area contributed by atoms with Gasteiger partial charge in [-0.05, 0) is 171 Å². The smallest absolute Gasteiger partial charge is 0.243 e. The third-order valence-corrected chi connectivity index (χ3v) is 29.2. The molecule has 26 heteroatoms. The minimum Gasteiger partial charge on any atom is -0.299 e. The normalized spacial score (nSPS) is 18.1. The number of hydrogen-bond donors (Lipinski definition) is 0. The second-order valence-electron chi connectivity index (χ2n) is 25.1. The zero-order chi connectivity index (χ0) is 69.1. The fourth-order valence-corrected chi connectivity index (χ4v) is 20.7. The lowest BCUT2D eigenvalue weighted by molar-refractivity contribution is 0.223. The van der Waals surface area contributed by atoms with Crippen LogP contribution < -0.4 is 0 Å². The van der Waals surface area contributed by atoms with Gasteiger partial charge < -0.3 is 0 Å². The molecule has 0 N–H and O–H groups in total. The van der Waals surface area contributed by atoms with Crippen molar-refractivity contribution >= 4 is 60.1 Å². The summed E-state index contributed by atoms with van der Waals surface area (Å²) in [4.78, 5) is 4.58. The molecule has 2 aliphatic rings. The van der Waals surface area contributed by atoms with E-state index in [0.29, 0.717) is 52.0 Å². The van der Waals surface area contributed by atoms with Gasteiger partial charge in [-0.3, -0.25) is 9.80 Å². The molecule has 9 rings (SSSR count). The highest BCUT2D eigenvalue weighted by molar-refractivity contribution is 7.90. The number of sulfonamides is 6. The van der Waals surface area contributed by atoms with Gasteiger partial charge in [0.1, 0.15) is 0 Å². The van der Waals surface area contributed by atoms with E-state index < -0.39 is 60.1 Å². The summed E-state index contributed by atoms with van der Waals surface area (Å²) in [5.74, 6) is 0. The van der Waals surface area contributed by atoms with Crippen LogP contribution in [0, 0.1) is 41.5 Å². The molecule has 0 aliphatic carbocycles. The number of aryl methyl sites for hydroxylation is 6. The van der Waals surface area contributed by atoms with Gasteiger partial charge in [0.05, 0.1) is 29.4 Å². The van der Waals surface area contributed by atoms with Crippen molar-refractivity contribution in [2.45, 2.75) is 110 Å². The molecule has 2 fully saturated rings. The molecule has 0 aromatic heterocycles. The van der Waals surface area contributed by atoms with Crippen molar-refractivity contribution in [3.63, 3.8) is 0 Å². The van der Waals surface area contributed by atoms with Crippen LogP contribution in [0.5, 0.6) is 0 Å². The second-order valence-corrected chi connectivity index (χ2v) is 36.7. The van der Waals surface area contributed by atoms with Gasteiger partial charge in [-0.2, -0.15) is 25.8 Å². The van der Waals surface area contributed by atoms with Gasteiger partial charge in [0, 0.05) is 98.2 Å². The van der Waals surface area contributed by atoms with E-state index in [1.807, 2.05) is 59.7 Å². The van der Waals surface area contributed by atoms with Crippen molar-refractivity contribution in [2.75, 3.05) is 105 Å². The van der Waals surface area contributed by atoms with Crippen molar-refractivity contribution in [1.82, 2.24) is 35.6 Å². The molecule has 7 aromatic carbocycles. The van der Waals surface area contributed by atoms with E-state index in [9.17, 15) is 50.5 Å². The maximum absolute atomic E-state index is 14.7. The summed E-state index contributed by atoms with van der Waals surface area (Å²) in [6, 6.07) is 46.9. The number of rotatable bonds is 16. The first-order valence-electron chi connectivity index (χ1n) is 32.5. The Labute approximate surface area is 571 Å². The van der Waals surface area contributed by atoms with E-state index in [1.165, 1.54) is 74.4 Å². The average molecular weight is 1430 g/mol. The summed E-state index contributed by atoms with van der Waals surface area (Å²) in [7, 11) is -25.1. The summed E-state index contributed by atoms with van der Waals surface area (Å²) in [5, 5.41) is 0. The molecule has 0 saturated carbocycles. The molecule has 0 spiro atoms. The topological polar surface area (TPSA) is 231 Å². The Kier molecular flexibility index (Phi) is 24.9. The minimum absolute atomic E-state index is 0.00182. The first-order chi connectivity index (χ1) is 45.5. The predicted molar refractivity (Wildman–Crippen MR) is 375 cm³/mol. The molecule has 518 valence electrons. The molecule has 2 saturated heterocycles. The Balaban J connectivity index is 1.01. The molecular formula is C70H90N8O12S6. The van der Waals surface area contributed by atoms with Crippen LogP contribution in [0.4, 0.5) is 0 Å². The predicted octanol–water partition coefficient (Wildman–Crippen LogP) is 8.87. The van der Waals surface area contributed by atoms with Crippen LogP contribution in [0.15, 0.2) is 199 Å². The molecule has 0 atom stereocenters. The largest absolute Gasteiger partial charge is 0.299 e. The first-order valence-corrected chi connectivity index (χ1v) is 41.1. The van der Waals surface area contributed by atoms with E-state index in [1.54, 1.807) is 97.1 Å². The van der Waals surface area contributed by atoms with Gasteiger partial charge in [0.2, 0.25) is 60.1 Å². The highest BCUT2D eigenvalue weighted by Crippen LogP contribution is 2.27. The van der Waals surface area contributed by atoms with Crippen molar-refractivity contribution < 1.29 is 50.5 Å². The van der Waals surface area contributed by atoms with Crippen molar-refractivity contribution in [3.05, 3.63) is 214 Å². The van der Waals surface area contributed by atoms with E-state index >= 15 is 0 Å². The molecule has 0 radical (unpaired) electrons. The third-order valence-electron chi connectivity index (χ3n) is 17.7. The van der Waals surface area contributed by atoms with Crippen LogP contribution in [-0.4, -0.2) is 191 Å². The Morgan fingerprint density at radius 2 is 0.406 bits per heavy atom. The SMILES string of the molecule is Cc1ccc(S(=O)(=O)N2CCCN(S(=O)(=O)c3ccc(C)cc3)CCN(S(=O)(=O)c3ccc(C)cc3)CCCN(Cc3cccc(CN4CCCN(S(=O)(=O)c5ccc(C)cc5)CCN(S(=O)(=O)c5ccc(C)cc5)CCN(S(=O)(=O)c5ccc(C)cc5)CCC4)c3)CC2)cc1. The molecule has 0 amide bonds. The van der Waals surface area contributed by atoms with Crippen molar-refractivity contribution in [1.29, 1.82) is 0 Å². The van der Waals surface area contributed by atoms with Crippen LogP contribution >= 0.6 is 0 Å². The van der Waals surface area contributed by atoms with E-state index in [-0.39, 0.29) is 121 Å². The van der Waals surface area contributed by atoms with Crippen LogP contribution in [0.3, 0.4) is 0 Å². The molecule has 7 aromatic rings. The van der Waals surface area contributed by atoms with E-state index in [0.717, 1.165) is 44.5 Å². The standard InChI is InChI=1S/C70H90N8O12S6/c1-57-14-26-65(27-15-57)91(79,80)73-44-11-45-77(95(87,88)69-34-22-61(5)23-35-69)49-48-74(92(81,82)66-28-16-58(2)17-29-66)43-10-40-72(46-47-73)56-64-13-7-12-63(54-64)55-71-38-8-41-75(93(83,84)67-30-18-59(3)19-31-67)50-52-78(96(89,90)70-36-24-62(6)25-37-70)53-51-76(42-9-39-71)94(85,86)68-32-20-60(4)21-33-68/h7,12-37,54H,8-11,38-53,55-56H2,1-6H3. The Morgan fingerprint density at radius 3 is 0.625 bits per heavy atom. The summed E-state index contributed by atoms with van der Waals surface area (Å²) in [5.41, 5.74) is 6.93. The maximum atomic E-state index is 14.7. The monoisotopic (exact) mass is 1430 g/mol. The van der Waals surface area contributed by atoms with E-state index in [4.69, 9.17) is 0 Å². The molecule has 2 heterocycles. The molecule has 20 nitrogen and oxygen atoms in total. The Hall–Kier alpha value is -6.08. The van der Waals surface area contributed by atoms with Crippen molar-refractivity contribution in [2.24, 2.45) is 0 Å².